The highest BCUT2D eigenvalue weighted by atomic mass is 16.1. The molecule has 0 bridgehead atoms. The number of rotatable bonds is 4. The number of nitrogens with zero attached hydrogens (tertiary/aromatic N) is 4. The van der Waals surface area contributed by atoms with E-state index in [1.54, 1.807) is 12.1 Å². The Bertz CT molecular complexity index is 878. The van der Waals surface area contributed by atoms with E-state index in [-0.39, 0.29) is 5.91 Å². The molecule has 1 aliphatic heterocycles. The Balaban J connectivity index is 1.39. The first-order valence-electron chi connectivity index (χ1n) is 8.61. The van der Waals surface area contributed by atoms with Crippen molar-refractivity contribution in [2.75, 3.05) is 13.1 Å². The lowest BCUT2D eigenvalue weighted by molar-refractivity contribution is 0.100. The molecule has 1 saturated heterocycles. The molecule has 2 aromatic heterocycles. The summed E-state index contributed by atoms with van der Waals surface area (Å²) >= 11 is 0. The van der Waals surface area contributed by atoms with Crippen molar-refractivity contribution in [1.82, 2.24) is 19.5 Å². The highest BCUT2D eigenvalue weighted by molar-refractivity contribution is 5.92. The predicted molar refractivity (Wildman–Crippen MR) is 95.2 cm³/mol. The molecular weight excluding hydrogens is 314 g/mol. The van der Waals surface area contributed by atoms with Gasteiger partial charge >= 0.3 is 0 Å². The summed E-state index contributed by atoms with van der Waals surface area (Å²) in [5, 5.41) is 8.67. The standard InChI is InChI=1S/C19H21N5O/c20-18(25)15-6-4-14(5-7-15)13-23-11-8-16(9-12-23)19-22-21-17-3-1-2-10-24(17)19/h1-7,10,16H,8-9,11-13H2,(H2,20,25). The summed E-state index contributed by atoms with van der Waals surface area (Å²) < 4.78 is 2.10. The Kier molecular flexibility index (Phi) is 4.19. The van der Waals surface area contributed by atoms with Crippen LogP contribution in [0.25, 0.3) is 5.65 Å². The Labute approximate surface area is 146 Å². The molecule has 1 fully saturated rings. The average molecular weight is 335 g/mol. The highest BCUT2D eigenvalue weighted by Crippen LogP contribution is 2.27. The maximum atomic E-state index is 11.1. The van der Waals surface area contributed by atoms with Crippen molar-refractivity contribution >= 4 is 11.6 Å². The number of carbonyl (C=O) groups excluding carboxylic acids is 1. The molecule has 6 nitrogen and oxygen atoms in total. The lowest BCUT2D eigenvalue weighted by Gasteiger charge is -2.31. The van der Waals surface area contributed by atoms with Crippen LogP contribution in [0.2, 0.25) is 0 Å². The third-order valence-electron chi connectivity index (χ3n) is 4.94. The molecule has 0 aliphatic carbocycles. The SMILES string of the molecule is NC(=O)c1ccc(CN2CCC(c3nnc4ccccn34)CC2)cc1. The number of hydrogen-bond acceptors (Lipinski definition) is 4. The van der Waals surface area contributed by atoms with Crippen molar-refractivity contribution in [2.24, 2.45) is 5.73 Å². The summed E-state index contributed by atoms with van der Waals surface area (Å²) in [5.74, 6) is 1.14. The zero-order valence-corrected chi connectivity index (χ0v) is 14.0. The van der Waals surface area contributed by atoms with Crippen LogP contribution in [-0.4, -0.2) is 38.5 Å². The molecular formula is C19H21N5O. The third kappa shape index (κ3) is 3.25. The first-order chi connectivity index (χ1) is 12.2. The van der Waals surface area contributed by atoms with E-state index in [0.29, 0.717) is 11.5 Å². The van der Waals surface area contributed by atoms with Gasteiger partial charge in [-0.2, -0.15) is 0 Å². The molecule has 3 aromatic rings. The van der Waals surface area contributed by atoms with Crippen LogP contribution in [-0.2, 0) is 6.54 Å². The van der Waals surface area contributed by atoms with E-state index in [1.807, 2.05) is 36.5 Å². The maximum absolute atomic E-state index is 11.1. The van der Waals surface area contributed by atoms with Crippen molar-refractivity contribution < 1.29 is 4.79 Å². The number of fused-ring (bicyclic) bond motifs is 1. The normalized spacial score (nSPS) is 16.3. The fourth-order valence-corrected chi connectivity index (χ4v) is 3.52. The van der Waals surface area contributed by atoms with E-state index in [0.717, 1.165) is 43.9 Å². The molecule has 0 spiro atoms. The van der Waals surface area contributed by atoms with E-state index >= 15 is 0 Å². The van der Waals surface area contributed by atoms with Gasteiger partial charge in [0.25, 0.3) is 0 Å². The van der Waals surface area contributed by atoms with Crippen molar-refractivity contribution in [3.8, 4) is 0 Å². The van der Waals surface area contributed by atoms with Crippen LogP contribution < -0.4 is 5.73 Å². The van der Waals surface area contributed by atoms with Gasteiger partial charge in [0, 0.05) is 24.2 Å². The molecule has 0 unspecified atom stereocenters. The molecule has 4 rings (SSSR count). The fourth-order valence-electron chi connectivity index (χ4n) is 3.52. The number of carbonyl (C=O) groups is 1. The molecule has 1 aromatic carbocycles. The molecule has 1 aliphatic rings. The number of hydrogen-bond donors (Lipinski definition) is 1. The Hall–Kier alpha value is -2.73. The second-order valence-corrected chi connectivity index (χ2v) is 6.60. The van der Waals surface area contributed by atoms with Crippen molar-refractivity contribution in [3.63, 3.8) is 0 Å². The van der Waals surface area contributed by atoms with Gasteiger partial charge in [-0.15, -0.1) is 10.2 Å². The van der Waals surface area contributed by atoms with Gasteiger partial charge < -0.3 is 5.73 Å². The molecule has 2 N–H and O–H groups in total. The van der Waals surface area contributed by atoms with E-state index < -0.39 is 0 Å². The highest BCUT2D eigenvalue weighted by Gasteiger charge is 2.24. The second-order valence-electron chi connectivity index (χ2n) is 6.60. The Morgan fingerprint density at radius 3 is 2.56 bits per heavy atom. The predicted octanol–water partition coefficient (Wildman–Crippen LogP) is 2.21. The van der Waals surface area contributed by atoms with E-state index in [1.165, 1.54) is 5.56 Å². The minimum atomic E-state index is -0.382. The van der Waals surface area contributed by atoms with Crippen LogP contribution in [0.1, 0.15) is 40.5 Å². The molecule has 128 valence electrons. The Morgan fingerprint density at radius 1 is 1.08 bits per heavy atom. The average Bonchev–Trinajstić information content (AvgIpc) is 3.07. The lowest BCUT2D eigenvalue weighted by Crippen LogP contribution is -2.33. The summed E-state index contributed by atoms with van der Waals surface area (Å²) in [6.07, 6.45) is 4.20. The van der Waals surface area contributed by atoms with Crippen molar-refractivity contribution in [2.45, 2.75) is 25.3 Å². The van der Waals surface area contributed by atoms with E-state index in [4.69, 9.17) is 5.73 Å². The summed E-state index contributed by atoms with van der Waals surface area (Å²) in [4.78, 5) is 13.6. The smallest absolute Gasteiger partial charge is 0.248 e. The van der Waals surface area contributed by atoms with Crippen molar-refractivity contribution in [3.05, 3.63) is 65.6 Å². The number of primary amides is 1. The molecule has 0 saturated carbocycles. The quantitative estimate of drug-likeness (QED) is 0.793. The van der Waals surface area contributed by atoms with Gasteiger partial charge in [-0.05, 0) is 55.8 Å². The monoisotopic (exact) mass is 335 g/mol. The van der Waals surface area contributed by atoms with E-state index in [2.05, 4.69) is 19.5 Å². The minimum absolute atomic E-state index is 0.382. The summed E-state index contributed by atoms with van der Waals surface area (Å²) in [6.45, 7) is 2.96. The van der Waals surface area contributed by atoms with Gasteiger partial charge in [-0.3, -0.25) is 14.1 Å². The number of benzene rings is 1. The minimum Gasteiger partial charge on any atom is -0.366 e. The largest absolute Gasteiger partial charge is 0.366 e. The van der Waals surface area contributed by atoms with Crippen LogP contribution in [0, 0.1) is 0 Å². The third-order valence-corrected chi connectivity index (χ3v) is 4.94. The van der Waals surface area contributed by atoms with Crippen LogP contribution in [0.15, 0.2) is 48.7 Å². The Morgan fingerprint density at radius 2 is 1.84 bits per heavy atom. The fraction of sp³-hybridized carbons (Fsp3) is 0.316. The van der Waals surface area contributed by atoms with Crippen molar-refractivity contribution in [1.29, 1.82) is 0 Å². The molecule has 25 heavy (non-hydrogen) atoms. The van der Waals surface area contributed by atoms with E-state index in [9.17, 15) is 4.79 Å². The second kappa shape index (κ2) is 6.64. The number of aromatic nitrogens is 3. The summed E-state index contributed by atoms with van der Waals surface area (Å²) in [7, 11) is 0. The van der Waals surface area contributed by atoms with Gasteiger partial charge in [0.2, 0.25) is 5.91 Å². The maximum Gasteiger partial charge on any atom is 0.248 e. The van der Waals surface area contributed by atoms with Gasteiger partial charge in [0.1, 0.15) is 5.82 Å². The first-order valence-corrected chi connectivity index (χ1v) is 8.61. The van der Waals surface area contributed by atoms with Crippen LogP contribution in [0.5, 0.6) is 0 Å². The van der Waals surface area contributed by atoms with Crippen LogP contribution in [0.4, 0.5) is 0 Å². The van der Waals surface area contributed by atoms with Crippen LogP contribution in [0.3, 0.4) is 0 Å². The zero-order chi connectivity index (χ0) is 17.2. The molecule has 1 amide bonds. The van der Waals surface area contributed by atoms with Gasteiger partial charge in [0.15, 0.2) is 5.65 Å². The molecule has 6 heteroatoms. The lowest BCUT2D eigenvalue weighted by atomic mass is 9.95. The topological polar surface area (TPSA) is 76.5 Å². The van der Waals surface area contributed by atoms with Gasteiger partial charge in [-0.1, -0.05) is 18.2 Å². The first kappa shape index (κ1) is 15.8. The van der Waals surface area contributed by atoms with Crippen LogP contribution >= 0.6 is 0 Å². The van der Waals surface area contributed by atoms with Gasteiger partial charge in [0.05, 0.1) is 0 Å². The summed E-state index contributed by atoms with van der Waals surface area (Å²) in [5.41, 5.74) is 7.96. The number of nitrogens with two attached hydrogens (primary N) is 1. The number of amides is 1. The molecule has 0 atom stereocenters. The number of piperidine rings is 1. The molecule has 0 radical (unpaired) electrons. The zero-order valence-electron chi connectivity index (χ0n) is 14.0. The molecule has 3 heterocycles. The number of pyridine rings is 1. The number of likely N-dealkylation sites (tertiary alicyclic amines) is 1. The summed E-state index contributed by atoms with van der Waals surface area (Å²) in [6, 6.07) is 13.6. The van der Waals surface area contributed by atoms with Gasteiger partial charge in [-0.25, -0.2) is 0 Å².